The standard InChI is InChI=1S/C31H34N4O7S/c1-19-24-9-10-27-31(19)32-33-34(27)13-5-4-6-14-41-23-8-12-28-22(15-23)18-35(43(38,39)42-28)20(2)25-16-21(7-11-29(25)40-3)26(24)17-30(36)37/h7-12,15-16,20,26H,4-6,13-14,17-18H2,1-3H3,(H,36,37)/t20-,26+/m0/s1. The van der Waals surface area contributed by atoms with Crippen molar-refractivity contribution in [1.82, 2.24) is 19.3 Å². The van der Waals surface area contributed by atoms with Gasteiger partial charge >= 0.3 is 16.3 Å². The Morgan fingerprint density at radius 3 is 2.72 bits per heavy atom. The van der Waals surface area contributed by atoms with E-state index in [4.69, 9.17) is 13.7 Å². The quantitative estimate of drug-likeness (QED) is 0.337. The molecule has 0 aliphatic carbocycles. The van der Waals surface area contributed by atoms with Gasteiger partial charge in [0.2, 0.25) is 0 Å². The van der Waals surface area contributed by atoms with Crippen LogP contribution in [0.15, 0.2) is 48.5 Å². The van der Waals surface area contributed by atoms with Crippen molar-refractivity contribution in [2.24, 2.45) is 0 Å². The Bertz CT molecular complexity index is 1800. The van der Waals surface area contributed by atoms with Crippen molar-refractivity contribution in [2.75, 3.05) is 13.7 Å². The number of aromatic nitrogens is 3. The molecule has 7 rings (SSSR count). The average molecular weight is 607 g/mol. The number of aliphatic carboxylic acids is 1. The summed E-state index contributed by atoms with van der Waals surface area (Å²) in [6, 6.07) is 13.8. The third kappa shape index (κ3) is 5.52. The van der Waals surface area contributed by atoms with Crippen molar-refractivity contribution in [3.8, 4) is 17.2 Å². The average Bonchev–Trinajstić information content (AvgIpc) is 3.40. The molecule has 226 valence electrons. The third-order valence-electron chi connectivity index (χ3n) is 8.40. The molecule has 0 radical (unpaired) electrons. The van der Waals surface area contributed by atoms with Crippen molar-refractivity contribution in [3.05, 3.63) is 76.3 Å². The second kappa shape index (κ2) is 11.5. The van der Waals surface area contributed by atoms with Gasteiger partial charge in [0.25, 0.3) is 0 Å². The van der Waals surface area contributed by atoms with Crippen LogP contribution >= 0.6 is 0 Å². The van der Waals surface area contributed by atoms with Gasteiger partial charge in [-0.3, -0.25) is 4.79 Å². The van der Waals surface area contributed by atoms with E-state index >= 15 is 0 Å². The Morgan fingerprint density at radius 1 is 1.09 bits per heavy atom. The monoisotopic (exact) mass is 606 g/mol. The van der Waals surface area contributed by atoms with Crippen LogP contribution in [0.25, 0.3) is 11.0 Å². The molecule has 0 fully saturated rings. The lowest BCUT2D eigenvalue weighted by molar-refractivity contribution is -0.137. The van der Waals surface area contributed by atoms with Gasteiger partial charge in [-0.15, -0.1) is 5.10 Å². The molecule has 0 saturated carbocycles. The fourth-order valence-corrected chi connectivity index (χ4v) is 7.36. The van der Waals surface area contributed by atoms with E-state index in [-0.39, 0.29) is 18.7 Å². The predicted octanol–water partition coefficient (Wildman–Crippen LogP) is 5.12. The Balaban J connectivity index is 1.50. The summed E-state index contributed by atoms with van der Waals surface area (Å²) in [7, 11) is -2.62. The van der Waals surface area contributed by atoms with Crippen LogP contribution in [0.2, 0.25) is 0 Å². The summed E-state index contributed by atoms with van der Waals surface area (Å²) in [5, 5.41) is 18.8. The molecule has 1 unspecified atom stereocenters. The van der Waals surface area contributed by atoms with Crippen LogP contribution in [0.4, 0.5) is 0 Å². The first kappa shape index (κ1) is 28.9. The van der Waals surface area contributed by atoms with E-state index in [0.717, 1.165) is 47.0 Å². The summed E-state index contributed by atoms with van der Waals surface area (Å²) in [6.07, 6.45) is 2.49. The number of nitrogens with zero attached hydrogens (tertiary/aromatic N) is 4. The van der Waals surface area contributed by atoms with E-state index in [9.17, 15) is 18.3 Å². The molecule has 9 bridgehead atoms. The fraction of sp³-hybridized carbons (Fsp3) is 0.387. The zero-order valence-corrected chi connectivity index (χ0v) is 25.1. The second-order valence-electron chi connectivity index (χ2n) is 11.1. The first-order valence-corrected chi connectivity index (χ1v) is 15.7. The van der Waals surface area contributed by atoms with Crippen LogP contribution in [0, 0.1) is 6.92 Å². The molecule has 1 N–H and O–H groups in total. The van der Waals surface area contributed by atoms with Gasteiger partial charge in [0, 0.05) is 30.1 Å². The van der Waals surface area contributed by atoms with Gasteiger partial charge in [0.05, 0.1) is 31.7 Å². The van der Waals surface area contributed by atoms with Crippen LogP contribution in [-0.2, 0) is 28.2 Å². The minimum Gasteiger partial charge on any atom is -0.496 e. The molecule has 3 atom stereocenters. The van der Waals surface area contributed by atoms with E-state index in [1.807, 2.05) is 41.9 Å². The van der Waals surface area contributed by atoms with Gasteiger partial charge in [0.1, 0.15) is 22.8 Å². The minimum absolute atomic E-state index is 0.0761. The largest absolute Gasteiger partial charge is 0.496 e. The minimum atomic E-state index is -4.14. The zero-order chi connectivity index (χ0) is 30.3. The molecule has 3 aliphatic heterocycles. The highest BCUT2D eigenvalue weighted by atomic mass is 32.2. The number of carboxylic acid groups (broad SMARTS) is 1. The van der Waals surface area contributed by atoms with Crippen molar-refractivity contribution in [3.63, 3.8) is 0 Å². The van der Waals surface area contributed by atoms with Crippen LogP contribution < -0.4 is 13.7 Å². The number of carboxylic acids is 1. The number of fused-ring (bicyclic) bond motifs is 6. The summed E-state index contributed by atoms with van der Waals surface area (Å²) in [6.45, 7) is 5.01. The van der Waals surface area contributed by atoms with Crippen LogP contribution in [0.1, 0.15) is 72.4 Å². The molecule has 0 spiro atoms. The van der Waals surface area contributed by atoms with Crippen LogP contribution in [0.5, 0.6) is 17.2 Å². The number of hydrogen-bond acceptors (Lipinski definition) is 8. The molecule has 43 heavy (non-hydrogen) atoms. The number of benzene rings is 3. The zero-order valence-electron chi connectivity index (χ0n) is 24.3. The summed E-state index contributed by atoms with van der Waals surface area (Å²) < 4.78 is 47.1. The first-order chi connectivity index (χ1) is 20.7. The summed E-state index contributed by atoms with van der Waals surface area (Å²) in [5.41, 5.74) is 5.31. The predicted molar refractivity (Wildman–Crippen MR) is 159 cm³/mol. The number of ether oxygens (including phenoxy) is 2. The maximum atomic E-state index is 13.4. The number of carbonyl (C=O) groups is 1. The smallest absolute Gasteiger partial charge is 0.386 e. The van der Waals surface area contributed by atoms with E-state index < -0.39 is 28.2 Å². The van der Waals surface area contributed by atoms with Gasteiger partial charge in [-0.1, -0.05) is 17.3 Å². The molecule has 4 aromatic rings. The lowest BCUT2D eigenvalue weighted by atomic mass is 9.84. The maximum absolute atomic E-state index is 13.4. The second-order valence-corrected chi connectivity index (χ2v) is 12.5. The number of methoxy groups -OCH3 is 1. The van der Waals surface area contributed by atoms with Crippen LogP contribution in [-0.4, -0.2) is 52.5 Å². The molecule has 11 nitrogen and oxygen atoms in total. The molecule has 12 heteroatoms. The van der Waals surface area contributed by atoms with Gasteiger partial charge < -0.3 is 18.8 Å². The molecule has 1 aromatic heterocycles. The fourth-order valence-electron chi connectivity index (χ4n) is 6.08. The van der Waals surface area contributed by atoms with E-state index in [0.29, 0.717) is 35.8 Å². The van der Waals surface area contributed by atoms with Crippen molar-refractivity contribution >= 4 is 27.3 Å². The molecule has 3 aromatic carbocycles. The SMILES string of the molecule is COc1ccc2cc1[C@H](C)N1Cc3cc(ccc3OS1(=O)=O)OCCCCCn1nnc3c(C)c(ccc31)[C@@H]2CC(=O)O. The van der Waals surface area contributed by atoms with Crippen molar-refractivity contribution < 1.29 is 32.0 Å². The highest BCUT2D eigenvalue weighted by Crippen LogP contribution is 2.41. The molecular weight excluding hydrogens is 572 g/mol. The van der Waals surface area contributed by atoms with E-state index in [2.05, 4.69) is 10.3 Å². The molecule has 0 saturated heterocycles. The third-order valence-corrected chi connectivity index (χ3v) is 9.81. The lowest BCUT2D eigenvalue weighted by Gasteiger charge is -2.33. The Hall–Kier alpha value is -4.16. The van der Waals surface area contributed by atoms with Gasteiger partial charge in [-0.2, -0.15) is 12.7 Å². The Morgan fingerprint density at radius 2 is 1.93 bits per heavy atom. The first-order valence-electron chi connectivity index (χ1n) is 14.4. The van der Waals surface area contributed by atoms with Gasteiger partial charge in [-0.25, -0.2) is 4.68 Å². The summed E-state index contributed by atoms with van der Waals surface area (Å²) in [4.78, 5) is 12.1. The summed E-state index contributed by atoms with van der Waals surface area (Å²) in [5.74, 6) is -0.0745. The van der Waals surface area contributed by atoms with Crippen LogP contribution in [0.3, 0.4) is 0 Å². The Kier molecular flexibility index (Phi) is 7.74. The van der Waals surface area contributed by atoms with E-state index in [1.54, 1.807) is 25.1 Å². The molecule has 4 heterocycles. The number of hydrogen-bond donors (Lipinski definition) is 1. The molecule has 0 amide bonds. The molecule has 3 aliphatic rings. The number of aryl methyl sites for hydroxylation is 2. The van der Waals surface area contributed by atoms with E-state index in [1.165, 1.54) is 11.4 Å². The molecular formula is C31H34N4O7S. The van der Waals surface area contributed by atoms with Crippen molar-refractivity contribution in [1.29, 1.82) is 0 Å². The lowest BCUT2D eigenvalue weighted by Crippen LogP contribution is -2.39. The highest BCUT2D eigenvalue weighted by molar-refractivity contribution is 7.84. The van der Waals surface area contributed by atoms with Crippen molar-refractivity contribution in [2.45, 2.75) is 64.6 Å². The normalized spacial score (nSPS) is 21.6. The summed E-state index contributed by atoms with van der Waals surface area (Å²) >= 11 is 0. The number of rotatable bonds is 3. The Labute approximate surface area is 250 Å². The van der Waals surface area contributed by atoms with Gasteiger partial charge in [-0.05, 0) is 86.2 Å². The highest BCUT2D eigenvalue weighted by Gasteiger charge is 2.37. The van der Waals surface area contributed by atoms with Gasteiger partial charge in [0.15, 0.2) is 0 Å². The maximum Gasteiger partial charge on any atom is 0.386 e. The topological polar surface area (TPSA) is 133 Å².